The Morgan fingerprint density at radius 1 is 0.862 bits per heavy atom. The summed E-state index contributed by atoms with van der Waals surface area (Å²) >= 11 is 0. The van der Waals surface area contributed by atoms with E-state index in [1.165, 1.54) is 0 Å². The second-order valence-corrected chi connectivity index (χ2v) is 6.26. The van der Waals surface area contributed by atoms with Crippen molar-refractivity contribution in [1.29, 1.82) is 0 Å². The average molecular weight is 403 g/mol. The topological polar surface area (TPSA) is 75.3 Å². The zero-order valence-corrected chi connectivity index (χ0v) is 17.4. The van der Waals surface area contributed by atoms with Gasteiger partial charge in [0.25, 0.3) is 0 Å². The fourth-order valence-corrected chi connectivity index (χ4v) is 2.84. The van der Waals surface area contributed by atoms with Crippen molar-refractivity contribution in [3.8, 4) is 23.0 Å². The highest BCUT2D eigenvalue weighted by molar-refractivity contribution is 5.76. The van der Waals surface area contributed by atoms with Crippen LogP contribution in [0.1, 0.15) is 17.5 Å². The quantitative estimate of drug-likeness (QED) is 0.549. The van der Waals surface area contributed by atoms with Crippen molar-refractivity contribution in [2.75, 3.05) is 41.7 Å². The maximum absolute atomic E-state index is 12.3. The van der Waals surface area contributed by atoms with Crippen LogP contribution in [-0.4, -0.2) is 47.6 Å². The van der Waals surface area contributed by atoms with E-state index in [0.29, 0.717) is 49.8 Å². The van der Waals surface area contributed by atoms with Crippen molar-refractivity contribution < 1.29 is 28.5 Å². The smallest absolute Gasteiger partial charge is 0.220 e. The predicted molar refractivity (Wildman–Crippen MR) is 110 cm³/mol. The van der Waals surface area contributed by atoms with Crippen LogP contribution in [0.4, 0.5) is 0 Å². The summed E-state index contributed by atoms with van der Waals surface area (Å²) < 4.78 is 26.6. The molecule has 2 rings (SSSR count). The summed E-state index contributed by atoms with van der Waals surface area (Å²) in [6.45, 7) is 1.51. The van der Waals surface area contributed by atoms with E-state index in [0.717, 1.165) is 16.9 Å². The molecule has 2 aromatic rings. The molecule has 0 saturated carbocycles. The number of ether oxygens (including phenoxy) is 5. The Labute approximate surface area is 171 Å². The van der Waals surface area contributed by atoms with E-state index in [1.807, 2.05) is 36.4 Å². The number of amides is 1. The van der Waals surface area contributed by atoms with Crippen LogP contribution in [0.2, 0.25) is 0 Å². The van der Waals surface area contributed by atoms with Crippen molar-refractivity contribution in [3.63, 3.8) is 0 Å². The van der Waals surface area contributed by atoms with Gasteiger partial charge in [0, 0.05) is 20.1 Å². The normalized spacial score (nSPS) is 10.3. The maximum Gasteiger partial charge on any atom is 0.220 e. The van der Waals surface area contributed by atoms with Crippen LogP contribution in [0, 0.1) is 0 Å². The molecule has 0 spiro atoms. The summed E-state index contributed by atoms with van der Waals surface area (Å²) in [6.07, 6.45) is 0.867. The molecule has 0 heterocycles. The Kier molecular flexibility index (Phi) is 9.11. The molecule has 7 heteroatoms. The highest BCUT2D eigenvalue weighted by Crippen LogP contribution is 2.40. The molecule has 0 aromatic heterocycles. The first kappa shape index (κ1) is 22.4. The van der Waals surface area contributed by atoms with E-state index in [-0.39, 0.29) is 5.91 Å². The third kappa shape index (κ3) is 6.57. The summed E-state index contributed by atoms with van der Waals surface area (Å²) in [6, 6.07) is 11.3. The molecule has 0 aliphatic carbocycles. The Bertz CT molecular complexity index is 776. The lowest BCUT2D eigenvalue weighted by Crippen LogP contribution is -2.23. The minimum absolute atomic E-state index is 0.0396. The summed E-state index contributed by atoms with van der Waals surface area (Å²) in [4.78, 5) is 12.3. The number of methoxy groups -OCH3 is 4. The van der Waals surface area contributed by atoms with Crippen LogP contribution in [0.25, 0.3) is 0 Å². The van der Waals surface area contributed by atoms with Crippen LogP contribution < -0.4 is 24.3 Å². The van der Waals surface area contributed by atoms with Crippen LogP contribution in [-0.2, 0) is 22.5 Å². The lowest BCUT2D eigenvalue weighted by atomic mass is 10.1. The standard InChI is InChI=1S/C22H29NO6/c1-25-13-14-29-18-9-5-16(6-10-18)15-23-20(24)12-8-17-7-11-19(26-2)22(28-4)21(17)27-3/h5-7,9-11H,8,12-15H2,1-4H3,(H,23,24). The molecule has 29 heavy (non-hydrogen) atoms. The molecule has 0 saturated heterocycles. The van der Waals surface area contributed by atoms with Crippen molar-refractivity contribution in [2.45, 2.75) is 19.4 Å². The SMILES string of the molecule is COCCOc1ccc(CNC(=O)CCc2ccc(OC)c(OC)c2OC)cc1. The molecule has 2 aromatic carbocycles. The fourth-order valence-electron chi connectivity index (χ4n) is 2.84. The number of hydrogen-bond donors (Lipinski definition) is 1. The zero-order chi connectivity index (χ0) is 21.1. The van der Waals surface area contributed by atoms with Crippen LogP contribution in [0.3, 0.4) is 0 Å². The summed E-state index contributed by atoms with van der Waals surface area (Å²) in [5, 5.41) is 2.93. The van der Waals surface area contributed by atoms with Crippen LogP contribution in [0.5, 0.6) is 23.0 Å². The molecule has 0 bridgehead atoms. The Morgan fingerprint density at radius 3 is 2.21 bits per heavy atom. The lowest BCUT2D eigenvalue weighted by Gasteiger charge is -2.15. The Hall–Kier alpha value is -2.93. The molecule has 1 N–H and O–H groups in total. The molecule has 0 aliphatic rings. The summed E-state index contributed by atoms with van der Waals surface area (Å²) in [5.74, 6) is 2.44. The largest absolute Gasteiger partial charge is 0.493 e. The van der Waals surface area contributed by atoms with Crippen molar-refractivity contribution in [3.05, 3.63) is 47.5 Å². The number of carbonyl (C=O) groups excluding carboxylic acids is 1. The molecule has 1 amide bonds. The van der Waals surface area contributed by atoms with Gasteiger partial charge in [-0.1, -0.05) is 18.2 Å². The third-order valence-electron chi connectivity index (χ3n) is 4.38. The van der Waals surface area contributed by atoms with Crippen LogP contribution in [0.15, 0.2) is 36.4 Å². The molecule has 158 valence electrons. The number of aryl methyl sites for hydroxylation is 1. The highest BCUT2D eigenvalue weighted by atomic mass is 16.5. The minimum atomic E-state index is -0.0396. The monoisotopic (exact) mass is 403 g/mol. The van der Waals surface area contributed by atoms with E-state index in [4.69, 9.17) is 23.7 Å². The molecular formula is C22H29NO6. The van der Waals surface area contributed by atoms with E-state index in [1.54, 1.807) is 28.4 Å². The first-order chi connectivity index (χ1) is 14.1. The Balaban J connectivity index is 1.86. The average Bonchev–Trinajstić information content (AvgIpc) is 2.76. The molecule has 0 fully saturated rings. The van der Waals surface area contributed by atoms with Gasteiger partial charge in [0.05, 0.1) is 27.9 Å². The summed E-state index contributed by atoms with van der Waals surface area (Å²) in [5.41, 5.74) is 1.89. The summed E-state index contributed by atoms with van der Waals surface area (Å²) in [7, 11) is 6.34. The van der Waals surface area contributed by atoms with E-state index in [9.17, 15) is 4.79 Å². The zero-order valence-electron chi connectivity index (χ0n) is 17.4. The second kappa shape index (κ2) is 11.8. The van der Waals surface area contributed by atoms with Gasteiger partial charge < -0.3 is 29.0 Å². The van der Waals surface area contributed by atoms with Gasteiger partial charge in [-0.15, -0.1) is 0 Å². The number of rotatable bonds is 12. The molecule has 0 aliphatic heterocycles. The Morgan fingerprint density at radius 2 is 1.59 bits per heavy atom. The first-order valence-electron chi connectivity index (χ1n) is 9.38. The van der Waals surface area contributed by atoms with Gasteiger partial charge in [0.15, 0.2) is 11.5 Å². The van der Waals surface area contributed by atoms with Gasteiger partial charge in [0.2, 0.25) is 11.7 Å². The second-order valence-electron chi connectivity index (χ2n) is 6.26. The van der Waals surface area contributed by atoms with E-state index >= 15 is 0 Å². The van der Waals surface area contributed by atoms with E-state index in [2.05, 4.69) is 5.32 Å². The minimum Gasteiger partial charge on any atom is -0.493 e. The third-order valence-corrected chi connectivity index (χ3v) is 4.38. The van der Waals surface area contributed by atoms with Crippen molar-refractivity contribution in [1.82, 2.24) is 5.32 Å². The number of carbonyl (C=O) groups is 1. The number of hydrogen-bond acceptors (Lipinski definition) is 6. The van der Waals surface area contributed by atoms with Gasteiger partial charge in [-0.2, -0.15) is 0 Å². The van der Waals surface area contributed by atoms with Crippen molar-refractivity contribution >= 4 is 5.91 Å². The maximum atomic E-state index is 12.3. The molecule has 0 unspecified atom stereocenters. The van der Waals surface area contributed by atoms with Gasteiger partial charge in [-0.3, -0.25) is 4.79 Å². The molecular weight excluding hydrogens is 374 g/mol. The van der Waals surface area contributed by atoms with Crippen LogP contribution >= 0.6 is 0 Å². The highest BCUT2D eigenvalue weighted by Gasteiger charge is 2.16. The van der Waals surface area contributed by atoms with E-state index < -0.39 is 0 Å². The van der Waals surface area contributed by atoms with Gasteiger partial charge in [0.1, 0.15) is 12.4 Å². The number of nitrogens with one attached hydrogen (secondary N) is 1. The molecule has 0 radical (unpaired) electrons. The predicted octanol–water partition coefficient (Wildman–Crippen LogP) is 2.99. The van der Waals surface area contributed by atoms with Gasteiger partial charge in [-0.25, -0.2) is 0 Å². The molecule has 0 atom stereocenters. The number of benzene rings is 2. The fraction of sp³-hybridized carbons (Fsp3) is 0.409. The lowest BCUT2D eigenvalue weighted by molar-refractivity contribution is -0.121. The molecule has 7 nitrogen and oxygen atoms in total. The van der Waals surface area contributed by atoms with Gasteiger partial charge in [-0.05, 0) is 35.7 Å². The van der Waals surface area contributed by atoms with Crippen molar-refractivity contribution in [2.24, 2.45) is 0 Å². The van der Waals surface area contributed by atoms with Gasteiger partial charge >= 0.3 is 0 Å². The first-order valence-corrected chi connectivity index (χ1v) is 9.38.